The van der Waals surface area contributed by atoms with Crippen molar-refractivity contribution in [3.63, 3.8) is 0 Å². The van der Waals surface area contributed by atoms with Crippen LogP contribution in [-0.2, 0) is 20.9 Å². The number of hydrogen-bond donors (Lipinski definition) is 2. The Bertz CT molecular complexity index is 807. The fraction of sp³-hybridized carbons (Fsp3) is 0.278. The van der Waals surface area contributed by atoms with Gasteiger partial charge in [0.1, 0.15) is 5.70 Å². The molecular weight excluding hydrogens is 320 g/mol. The number of aromatic nitrogens is 2. The Balaban J connectivity index is 1.60. The van der Waals surface area contributed by atoms with Crippen LogP contribution in [0.4, 0.5) is 5.69 Å². The first-order chi connectivity index (χ1) is 12.0. The lowest BCUT2D eigenvalue weighted by atomic mass is 9.83. The van der Waals surface area contributed by atoms with Crippen molar-refractivity contribution in [2.24, 2.45) is 11.1 Å². The van der Waals surface area contributed by atoms with E-state index in [1.54, 1.807) is 17.8 Å². The van der Waals surface area contributed by atoms with Crippen molar-refractivity contribution >= 4 is 17.4 Å². The molecule has 25 heavy (non-hydrogen) atoms. The topological polar surface area (TPSA) is 99.2 Å². The molecule has 0 saturated carbocycles. The third kappa shape index (κ3) is 3.95. The van der Waals surface area contributed by atoms with Gasteiger partial charge in [0, 0.05) is 12.3 Å². The maximum absolute atomic E-state index is 12.1. The predicted molar refractivity (Wildman–Crippen MR) is 92.6 cm³/mol. The second kappa shape index (κ2) is 6.90. The van der Waals surface area contributed by atoms with Crippen LogP contribution in [0, 0.1) is 5.41 Å². The lowest BCUT2D eigenvalue weighted by Gasteiger charge is -2.35. The van der Waals surface area contributed by atoms with Crippen molar-refractivity contribution in [2.75, 3.05) is 18.5 Å². The number of carbonyl (C=O) groups is 2. The largest absolute Gasteiger partial charge is 0.394 e. The molecule has 1 saturated heterocycles. The molecule has 0 bridgehead atoms. The van der Waals surface area contributed by atoms with Crippen molar-refractivity contribution in [3.8, 4) is 0 Å². The minimum Gasteiger partial charge on any atom is -0.394 e. The highest BCUT2D eigenvalue weighted by atomic mass is 16.5. The monoisotopic (exact) mass is 340 g/mol. The average molecular weight is 340 g/mol. The number of nitrogens with zero attached hydrogens (tertiary/aromatic N) is 2. The maximum atomic E-state index is 12.1. The highest BCUT2D eigenvalue weighted by molar-refractivity contribution is 6.08. The second-order valence-electron chi connectivity index (χ2n) is 6.38. The summed E-state index contributed by atoms with van der Waals surface area (Å²) in [6.45, 7) is 3.08. The number of hydrogen-bond acceptors (Lipinski definition) is 5. The van der Waals surface area contributed by atoms with Crippen molar-refractivity contribution in [2.45, 2.75) is 13.5 Å². The van der Waals surface area contributed by atoms with Gasteiger partial charge in [-0.15, -0.1) is 0 Å². The fourth-order valence-electron chi connectivity index (χ4n) is 2.42. The molecule has 2 heterocycles. The number of benzene rings is 1. The van der Waals surface area contributed by atoms with Crippen LogP contribution < -0.4 is 11.1 Å². The number of ketones is 1. The van der Waals surface area contributed by atoms with Gasteiger partial charge in [0.25, 0.3) is 5.91 Å². The van der Waals surface area contributed by atoms with Crippen LogP contribution in [-0.4, -0.2) is 34.7 Å². The summed E-state index contributed by atoms with van der Waals surface area (Å²) >= 11 is 0. The van der Waals surface area contributed by atoms with E-state index in [4.69, 9.17) is 10.5 Å². The van der Waals surface area contributed by atoms with Crippen molar-refractivity contribution in [3.05, 3.63) is 60.1 Å². The first-order valence-corrected chi connectivity index (χ1v) is 7.93. The number of nitrogens with one attached hydrogen (secondary N) is 1. The van der Waals surface area contributed by atoms with E-state index in [1.807, 2.05) is 30.3 Å². The van der Waals surface area contributed by atoms with E-state index in [0.29, 0.717) is 25.4 Å². The molecule has 0 radical (unpaired) electrons. The van der Waals surface area contributed by atoms with Gasteiger partial charge in [0.2, 0.25) is 0 Å². The summed E-state index contributed by atoms with van der Waals surface area (Å²) in [6.07, 6.45) is 4.42. The molecule has 3 rings (SSSR count). The van der Waals surface area contributed by atoms with Crippen LogP contribution >= 0.6 is 0 Å². The molecule has 3 N–H and O–H groups in total. The summed E-state index contributed by atoms with van der Waals surface area (Å²) in [4.78, 5) is 24.2. The summed E-state index contributed by atoms with van der Waals surface area (Å²) in [5, 5.41) is 6.85. The van der Waals surface area contributed by atoms with Crippen LogP contribution in [0.3, 0.4) is 0 Å². The van der Waals surface area contributed by atoms with Crippen LogP contribution in [0.2, 0.25) is 0 Å². The van der Waals surface area contributed by atoms with E-state index in [-0.39, 0.29) is 11.5 Å². The number of allylic oxidation sites excluding steroid dienone is 1. The smallest absolute Gasteiger partial charge is 0.271 e. The molecule has 1 fully saturated rings. The fourth-order valence-corrected chi connectivity index (χ4v) is 2.42. The number of nitrogens with two attached hydrogens (primary N) is 1. The lowest BCUT2D eigenvalue weighted by Crippen LogP contribution is -2.46. The standard InChI is InChI=1S/C18H20N4O3/c1-18(11-25-12-18)16(23)7-15(19)17(24)21-14-8-20-22(10-14)9-13-5-3-2-4-6-13/h2-8,10H,9,11-12,19H2,1H3,(H,21,24). The van der Waals surface area contributed by atoms with Gasteiger partial charge in [-0.1, -0.05) is 30.3 Å². The molecule has 1 aromatic heterocycles. The number of amides is 1. The maximum Gasteiger partial charge on any atom is 0.271 e. The minimum absolute atomic E-state index is 0.131. The van der Waals surface area contributed by atoms with Gasteiger partial charge >= 0.3 is 0 Å². The first kappa shape index (κ1) is 16.9. The summed E-state index contributed by atoms with van der Waals surface area (Å²) in [5.74, 6) is -0.734. The van der Waals surface area contributed by atoms with E-state index < -0.39 is 11.3 Å². The first-order valence-electron chi connectivity index (χ1n) is 7.93. The molecule has 0 aliphatic carbocycles. The van der Waals surface area contributed by atoms with E-state index in [0.717, 1.165) is 5.56 Å². The van der Waals surface area contributed by atoms with Crippen LogP contribution in [0.1, 0.15) is 12.5 Å². The zero-order valence-corrected chi connectivity index (χ0v) is 13.9. The molecule has 0 spiro atoms. The quantitative estimate of drug-likeness (QED) is 0.773. The number of anilines is 1. The Labute approximate surface area is 145 Å². The second-order valence-corrected chi connectivity index (χ2v) is 6.38. The Hall–Kier alpha value is -2.93. The zero-order chi connectivity index (χ0) is 17.9. The van der Waals surface area contributed by atoms with Gasteiger partial charge in [-0.05, 0) is 12.5 Å². The molecule has 0 unspecified atom stereocenters. The highest BCUT2D eigenvalue weighted by Gasteiger charge is 2.39. The molecule has 7 nitrogen and oxygen atoms in total. The zero-order valence-electron chi connectivity index (χ0n) is 13.9. The van der Waals surface area contributed by atoms with E-state index in [1.165, 1.54) is 12.3 Å². The van der Waals surface area contributed by atoms with Crippen molar-refractivity contribution in [1.29, 1.82) is 0 Å². The van der Waals surface area contributed by atoms with Crippen molar-refractivity contribution in [1.82, 2.24) is 9.78 Å². The Morgan fingerprint density at radius 3 is 2.72 bits per heavy atom. The van der Waals surface area contributed by atoms with Gasteiger partial charge in [-0.2, -0.15) is 5.10 Å². The molecule has 130 valence electrons. The molecule has 1 aliphatic rings. The van der Waals surface area contributed by atoms with Gasteiger partial charge in [0.15, 0.2) is 5.78 Å². The number of rotatable bonds is 6. The van der Waals surface area contributed by atoms with Gasteiger partial charge < -0.3 is 15.8 Å². The van der Waals surface area contributed by atoms with Gasteiger partial charge in [0.05, 0.1) is 37.1 Å². The average Bonchev–Trinajstić information content (AvgIpc) is 3.00. The molecule has 2 aromatic rings. The summed E-state index contributed by atoms with van der Waals surface area (Å²) < 4.78 is 6.76. The molecule has 7 heteroatoms. The summed E-state index contributed by atoms with van der Waals surface area (Å²) in [6, 6.07) is 9.86. The Kier molecular flexibility index (Phi) is 4.67. The summed E-state index contributed by atoms with van der Waals surface area (Å²) in [5.41, 5.74) is 6.64. The number of ether oxygens (including phenoxy) is 1. The molecule has 0 atom stereocenters. The van der Waals surface area contributed by atoms with Crippen LogP contribution in [0.5, 0.6) is 0 Å². The third-order valence-corrected chi connectivity index (χ3v) is 4.06. The third-order valence-electron chi connectivity index (χ3n) is 4.06. The predicted octanol–water partition coefficient (Wildman–Crippen LogP) is 1.32. The van der Waals surface area contributed by atoms with E-state index >= 15 is 0 Å². The van der Waals surface area contributed by atoms with Gasteiger partial charge in [-0.25, -0.2) is 0 Å². The Morgan fingerprint density at radius 2 is 2.08 bits per heavy atom. The highest BCUT2D eigenvalue weighted by Crippen LogP contribution is 2.28. The molecule has 1 aliphatic heterocycles. The van der Waals surface area contributed by atoms with Crippen LogP contribution in [0.15, 0.2) is 54.5 Å². The Morgan fingerprint density at radius 1 is 1.36 bits per heavy atom. The van der Waals surface area contributed by atoms with Gasteiger partial charge in [-0.3, -0.25) is 14.3 Å². The molecular formula is C18H20N4O3. The normalized spacial score (nSPS) is 16.1. The van der Waals surface area contributed by atoms with Crippen molar-refractivity contribution < 1.29 is 14.3 Å². The van der Waals surface area contributed by atoms with Crippen LogP contribution in [0.25, 0.3) is 0 Å². The van der Waals surface area contributed by atoms with E-state index in [9.17, 15) is 9.59 Å². The van der Waals surface area contributed by atoms with E-state index in [2.05, 4.69) is 10.4 Å². The minimum atomic E-state index is -0.578. The molecule has 1 amide bonds. The lowest BCUT2D eigenvalue weighted by molar-refractivity contribution is -0.150. The molecule has 1 aromatic carbocycles. The number of carbonyl (C=O) groups excluding carboxylic acids is 2. The SMILES string of the molecule is CC1(C(=O)C=C(N)C(=O)Nc2cnn(Cc3ccccc3)c2)COC1. The summed E-state index contributed by atoms with van der Waals surface area (Å²) in [7, 11) is 0.